The third kappa shape index (κ3) is 5.59. The zero-order valence-electron chi connectivity index (χ0n) is 14.5. The van der Waals surface area contributed by atoms with E-state index in [4.69, 9.17) is 4.74 Å². The van der Waals surface area contributed by atoms with Crippen LogP contribution in [0.1, 0.15) is 33.6 Å². The first-order valence-corrected chi connectivity index (χ1v) is 7.99. The van der Waals surface area contributed by atoms with E-state index < -0.39 is 11.7 Å². The molecular weight excluding hydrogens is 324 g/mol. The van der Waals surface area contributed by atoms with Crippen molar-refractivity contribution in [2.45, 2.75) is 39.2 Å². The number of carbonyl (C=O) groups is 2. The van der Waals surface area contributed by atoms with Crippen LogP contribution in [0, 0.1) is 0 Å². The summed E-state index contributed by atoms with van der Waals surface area (Å²) in [5.74, 6) is -0.248. The lowest BCUT2D eigenvalue weighted by Crippen LogP contribution is -2.33. The Hall–Kier alpha value is -2.90. The molecule has 1 aromatic heterocycles. The van der Waals surface area contributed by atoms with Gasteiger partial charge in [0.2, 0.25) is 5.91 Å². The van der Waals surface area contributed by atoms with Gasteiger partial charge >= 0.3 is 6.09 Å². The van der Waals surface area contributed by atoms with Gasteiger partial charge in [-0.15, -0.1) is 0 Å². The predicted octanol–water partition coefficient (Wildman–Crippen LogP) is 2.17. The Morgan fingerprint density at radius 1 is 1.28 bits per heavy atom. The molecule has 0 aliphatic rings. The van der Waals surface area contributed by atoms with E-state index in [-0.39, 0.29) is 17.9 Å². The Morgan fingerprint density at radius 3 is 2.76 bits per heavy atom. The molecule has 2 rings (SSSR count). The van der Waals surface area contributed by atoms with Crippen LogP contribution in [0.4, 0.5) is 10.5 Å². The van der Waals surface area contributed by atoms with Crippen molar-refractivity contribution < 1.29 is 14.3 Å². The molecule has 8 nitrogen and oxygen atoms in total. The van der Waals surface area contributed by atoms with Gasteiger partial charge in [-0.1, -0.05) is 6.07 Å². The van der Waals surface area contributed by atoms with Gasteiger partial charge in [-0.3, -0.25) is 9.59 Å². The van der Waals surface area contributed by atoms with Gasteiger partial charge in [0.15, 0.2) is 0 Å². The van der Waals surface area contributed by atoms with Crippen LogP contribution in [0.2, 0.25) is 0 Å². The third-order valence-corrected chi connectivity index (χ3v) is 3.19. The summed E-state index contributed by atoms with van der Waals surface area (Å²) < 4.78 is 5.11. The predicted molar refractivity (Wildman–Crippen MR) is 94.5 cm³/mol. The van der Waals surface area contributed by atoms with Gasteiger partial charge < -0.3 is 20.4 Å². The number of carbonyl (C=O) groups excluding carboxylic acids is 2. The summed E-state index contributed by atoms with van der Waals surface area (Å²) in [4.78, 5) is 42.0. The quantitative estimate of drug-likeness (QED) is 0.718. The maximum atomic E-state index is 12.1. The fourth-order valence-electron chi connectivity index (χ4n) is 2.19. The number of amides is 2. The number of H-pyrrole nitrogens is 1. The van der Waals surface area contributed by atoms with E-state index in [1.54, 1.807) is 39.0 Å². The number of ether oxygens (including phenoxy) is 1. The average Bonchev–Trinajstić information content (AvgIpc) is 2.50. The highest BCUT2D eigenvalue weighted by Crippen LogP contribution is 2.17. The minimum absolute atomic E-state index is 0.199. The molecule has 134 valence electrons. The molecule has 0 aliphatic carbocycles. The minimum Gasteiger partial charge on any atom is -0.444 e. The highest BCUT2D eigenvalue weighted by Gasteiger charge is 2.15. The molecule has 0 atom stereocenters. The maximum Gasteiger partial charge on any atom is 0.407 e. The Bertz CT molecular complexity index is 818. The van der Waals surface area contributed by atoms with Crippen LogP contribution < -0.4 is 16.2 Å². The first kappa shape index (κ1) is 18.4. The van der Waals surface area contributed by atoms with E-state index in [0.717, 1.165) is 0 Å². The smallest absolute Gasteiger partial charge is 0.407 e. The normalized spacial score (nSPS) is 11.2. The van der Waals surface area contributed by atoms with Gasteiger partial charge in [-0.2, -0.15) is 0 Å². The van der Waals surface area contributed by atoms with Crippen LogP contribution in [0.25, 0.3) is 10.9 Å². The molecule has 0 unspecified atom stereocenters. The minimum atomic E-state index is -0.559. The lowest BCUT2D eigenvalue weighted by molar-refractivity contribution is -0.116. The number of benzene rings is 1. The van der Waals surface area contributed by atoms with Crippen LogP contribution in [0.15, 0.2) is 29.3 Å². The first-order chi connectivity index (χ1) is 11.8. The molecule has 0 aliphatic heterocycles. The zero-order valence-corrected chi connectivity index (χ0v) is 14.5. The molecule has 8 heteroatoms. The van der Waals surface area contributed by atoms with Crippen molar-refractivity contribution in [1.29, 1.82) is 0 Å². The van der Waals surface area contributed by atoms with Crippen molar-refractivity contribution in [1.82, 2.24) is 15.3 Å². The SMILES string of the molecule is CC(C)(C)OC(=O)NCCCC(=O)Nc1cccc2nc[nH]c(=O)c12. The Kier molecular flexibility index (Phi) is 5.74. The molecule has 3 N–H and O–H groups in total. The van der Waals surface area contributed by atoms with Gasteiger partial charge in [0.05, 0.1) is 22.9 Å². The van der Waals surface area contributed by atoms with E-state index in [0.29, 0.717) is 29.6 Å². The highest BCUT2D eigenvalue weighted by molar-refractivity contribution is 6.00. The maximum absolute atomic E-state index is 12.1. The van der Waals surface area contributed by atoms with E-state index in [1.807, 2.05) is 0 Å². The van der Waals surface area contributed by atoms with Crippen LogP contribution >= 0.6 is 0 Å². The largest absolute Gasteiger partial charge is 0.444 e. The van der Waals surface area contributed by atoms with Crippen LogP contribution in [0.5, 0.6) is 0 Å². The van der Waals surface area contributed by atoms with E-state index in [1.165, 1.54) is 6.33 Å². The summed E-state index contributed by atoms with van der Waals surface area (Å²) in [5.41, 5.74) is 0.0503. The van der Waals surface area contributed by atoms with E-state index in [9.17, 15) is 14.4 Å². The standard InChI is InChI=1S/C17H22N4O4/c1-17(2,3)25-16(24)18-9-5-8-13(22)21-12-7-4-6-11-14(12)15(23)20-10-19-11/h4,6-7,10H,5,8-9H2,1-3H3,(H,18,24)(H,21,22)(H,19,20,23). The van der Waals surface area contributed by atoms with Gasteiger partial charge in [0.25, 0.3) is 5.56 Å². The second-order valence-corrected chi connectivity index (χ2v) is 6.51. The Labute approximate surface area is 145 Å². The molecule has 0 bridgehead atoms. The van der Waals surface area contributed by atoms with Crippen molar-refractivity contribution in [2.24, 2.45) is 0 Å². The number of hydrogen-bond acceptors (Lipinski definition) is 5. The Morgan fingerprint density at radius 2 is 2.04 bits per heavy atom. The van der Waals surface area contributed by atoms with Gasteiger partial charge in [-0.25, -0.2) is 9.78 Å². The molecule has 1 aromatic carbocycles. The van der Waals surface area contributed by atoms with Gasteiger partial charge in [-0.05, 0) is 39.3 Å². The Balaban J connectivity index is 1.86. The number of fused-ring (bicyclic) bond motifs is 1. The number of anilines is 1. The summed E-state index contributed by atoms with van der Waals surface area (Å²) >= 11 is 0. The number of nitrogens with one attached hydrogen (secondary N) is 3. The molecule has 0 saturated heterocycles. The molecular formula is C17H22N4O4. The number of nitrogens with zero attached hydrogens (tertiary/aromatic N) is 1. The zero-order chi connectivity index (χ0) is 18.4. The topological polar surface area (TPSA) is 113 Å². The molecule has 0 saturated carbocycles. The number of alkyl carbamates (subject to hydrolysis) is 1. The van der Waals surface area contributed by atoms with Crippen LogP contribution in [0.3, 0.4) is 0 Å². The fourth-order valence-corrected chi connectivity index (χ4v) is 2.19. The molecule has 1 heterocycles. The lowest BCUT2D eigenvalue weighted by atomic mass is 10.2. The second kappa shape index (κ2) is 7.78. The monoisotopic (exact) mass is 346 g/mol. The van der Waals surface area contributed by atoms with E-state index in [2.05, 4.69) is 20.6 Å². The molecule has 0 radical (unpaired) electrons. The summed E-state index contributed by atoms with van der Waals surface area (Å²) in [5, 5.41) is 5.64. The average molecular weight is 346 g/mol. The molecule has 25 heavy (non-hydrogen) atoms. The summed E-state index contributed by atoms with van der Waals surface area (Å²) in [6, 6.07) is 5.07. The second-order valence-electron chi connectivity index (χ2n) is 6.51. The molecule has 0 fully saturated rings. The van der Waals surface area contributed by atoms with Crippen molar-refractivity contribution in [3.05, 3.63) is 34.9 Å². The first-order valence-electron chi connectivity index (χ1n) is 7.99. The summed E-state index contributed by atoms with van der Waals surface area (Å²) in [6.45, 7) is 5.66. The van der Waals surface area contributed by atoms with Crippen molar-refractivity contribution in [3.63, 3.8) is 0 Å². The number of aromatic amines is 1. The molecule has 2 amide bonds. The number of hydrogen-bond donors (Lipinski definition) is 3. The van der Waals surface area contributed by atoms with Crippen molar-refractivity contribution in [2.75, 3.05) is 11.9 Å². The molecule has 2 aromatic rings. The number of aromatic nitrogens is 2. The number of rotatable bonds is 5. The van der Waals surface area contributed by atoms with Crippen LogP contribution in [-0.2, 0) is 9.53 Å². The highest BCUT2D eigenvalue weighted by atomic mass is 16.6. The van der Waals surface area contributed by atoms with Gasteiger partial charge in [0.1, 0.15) is 5.60 Å². The van der Waals surface area contributed by atoms with Crippen LogP contribution in [-0.4, -0.2) is 34.1 Å². The molecule has 0 spiro atoms. The summed E-state index contributed by atoms with van der Waals surface area (Å²) in [6.07, 6.45) is 1.45. The van der Waals surface area contributed by atoms with Crippen molar-refractivity contribution >= 4 is 28.6 Å². The summed E-state index contributed by atoms with van der Waals surface area (Å²) in [7, 11) is 0. The van der Waals surface area contributed by atoms with Crippen molar-refractivity contribution in [3.8, 4) is 0 Å². The van der Waals surface area contributed by atoms with Gasteiger partial charge in [0, 0.05) is 13.0 Å². The fraction of sp³-hybridized carbons (Fsp3) is 0.412. The lowest BCUT2D eigenvalue weighted by Gasteiger charge is -2.19. The van der Waals surface area contributed by atoms with E-state index >= 15 is 0 Å². The third-order valence-electron chi connectivity index (χ3n) is 3.19.